The van der Waals surface area contributed by atoms with E-state index in [-0.39, 0.29) is 0 Å². The first-order chi connectivity index (χ1) is 7.79. The topological polar surface area (TPSA) is 0 Å². The van der Waals surface area contributed by atoms with Crippen LogP contribution < -0.4 is 0 Å². The highest BCUT2D eigenvalue weighted by Crippen LogP contribution is 2.35. The number of benzene rings is 2. The highest BCUT2D eigenvalue weighted by molar-refractivity contribution is 14.1. The summed E-state index contributed by atoms with van der Waals surface area (Å²) in [6.45, 7) is 0. The molecule has 0 spiro atoms. The first kappa shape index (κ1) is 11.9. The Kier molecular flexibility index (Phi) is 4.18. The lowest BCUT2D eigenvalue weighted by atomic mass is 10.1. The van der Waals surface area contributed by atoms with Gasteiger partial charge in [-0.2, -0.15) is 0 Å². The lowest BCUT2D eigenvalue weighted by Gasteiger charge is -2.05. The highest BCUT2D eigenvalue weighted by Gasteiger charge is 2.04. The van der Waals surface area contributed by atoms with E-state index < -0.39 is 0 Å². The molecular weight excluding hydrogens is 375 g/mol. The van der Waals surface area contributed by atoms with Gasteiger partial charge in [-0.25, -0.2) is 0 Å². The molecule has 0 fully saturated rings. The summed E-state index contributed by atoms with van der Waals surface area (Å²) >= 11 is 6.03. The van der Waals surface area contributed by atoms with E-state index in [0.29, 0.717) is 0 Å². The third kappa shape index (κ3) is 2.74. The molecule has 0 saturated carbocycles. The predicted octanol–water partition coefficient (Wildman–Crippen LogP) is 5.34. The second kappa shape index (κ2) is 5.64. The Hall–Kier alpha value is -0.610. The molecule has 0 aliphatic carbocycles. The van der Waals surface area contributed by atoms with Gasteiger partial charge in [-0.3, -0.25) is 0 Å². The van der Waals surface area contributed by atoms with E-state index in [0.717, 1.165) is 4.48 Å². The zero-order chi connectivity index (χ0) is 11.4. The molecule has 0 unspecified atom stereocenters. The molecule has 0 aromatic heterocycles. The smallest absolute Gasteiger partial charge is 0.0387 e. The van der Waals surface area contributed by atoms with Crippen molar-refractivity contribution in [1.29, 1.82) is 0 Å². The average Bonchev–Trinajstić information content (AvgIpc) is 2.39. The molecule has 0 bridgehead atoms. The summed E-state index contributed by atoms with van der Waals surface area (Å²) in [4.78, 5) is 0. The zero-order valence-electron chi connectivity index (χ0n) is 8.53. The van der Waals surface area contributed by atoms with Crippen LogP contribution in [0.5, 0.6) is 0 Å². The average molecular weight is 385 g/mol. The molecular formula is C14H10BrI. The minimum atomic E-state index is 1.14. The Morgan fingerprint density at radius 3 is 1.69 bits per heavy atom. The van der Waals surface area contributed by atoms with Gasteiger partial charge in [0.1, 0.15) is 0 Å². The van der Waals surface area contributed by atoms with Crippen LogP contribution in [0.3, 0.4) is 0 Å². The molecule has 2 heteroatoms. The summed E-state index contributed by atoms with van der Waals surface area (Å²) in [5, 5.41) is 0. The Morgan fingerprint density at radius 2 is 1.19 bits per heavy atom. The Labute approximate surface area is 118 Å². The lowest BCUT2D eigenvalue weighted by molar-refractivity contribution is 1.64. The Balaban J connectivity index is 2.43. The summed E-state index contributed by atoms with van der Waals surface area (Å²) < 4.78 is 2.37. The first-order valence-corrected chi connectivity index (χ1v) is 6.82. The van der Waals surface area contributed by atoms with Crippen molar-refractivity contribution < 1.29 is 0 Å². The monoisotopic (exact) mass is 384 g/mol. The van der Waals surface area contributed by atoms with Crippen molar-refractivity contribution in [3.8, 4) is 0 Å². The van der Waals surface area contributed by atoms with Crippen LogP contribution in [-0.2, 0) is 0 Å². The fourth-order valence-electron chi connectivity index (χ4n) is 1.42. The molecule has 2 rings (SSSR count). The van der Waals surface area contributed by atoms with Crippen LogP contribution in [0.4, 0.5) is 0 Å². The molecule has 0 radical (unpaired) electrons. The van der Waals surface area contributed by atoms with Gasteiger partial charge in [0.2, 0.25) is 0 Å². The minimum Gasteiger partial charge on any atom is -0.0622 e. The normalized spacial score (nSPS) is 12.1. The summed E-state index contributed by atoms with van der Waals surface area (Å²) in [7, 11) is 0. The van der Waals surface area contributed by atoms with Gasteiger partial charge >= 0.3 is 0 Å². The van der Waals surface area contributed by atoms with Crippen LogP contribution in [0.15, 0.2) is 60.7 Å². The third-order valence-electron chi connectivity index (χ3n) is 2.25. The van der Waals surface area contributed by atoms with Gasteiger partial charge in [0.25, 0.3) is 0 Å². The largest absolute Gasteiger partial charge is 0.0622 e. The summed E-state index contributed by atoms with van der Waals surface area (Å²) in [6.07, 6.45) is 0. The molecule has 2 aromatic rings. The minimum absolute atomic E-state index is 1.14. The van der Waals surface area contributed by atoms with Crippen LogP contribution in [0.1, 0.15) is 11.1 Å². The van der Waals surface area contributed by atoms with Gasteiger partial charge in [0.15, 0.2) is 0 Å². The van der Waals surface area contributed by atoms with Crippen LogP contribution in [0, 0.1) is 0 Å². The van der Waals surface area contributed by atoms with Gasteiger partial charge in [-0.15, -0.1) is 0 Å². The van der Waals surface area contributed by atoms with E-state index >= 15 is 0 Å². The zero-order valence-corrected chi connectivity index (χ0v) is 12.3. The van der Waals surface area contributed by atoms with Crippen molar-refractivity contribution in [3.63, 3.8) is 0 Å². The second-order valence-corrected chi connectivity index (χ2v) is 5.23. The van der Waals surface area contributed by atoms with Gasteiger partial charge in [0, 0.05) is 8.06 Å². The quantitative estimate of drug-likeness (QED) is 0.484. The number of rotatable bonds is 2. The molecule has 0 N–H and O–H groups in total. The fourth-order valence-corrected chi connectivity index (χ4v) is 2.59. The van der Waals surface area contributed by atoms with Crippen molar-refractivity contribution in [3.05, 3.63) is 71.8 Å². The Morgan fingerprint density at radius 1 is 0.750 bits per heavy atom. The van der Waals surface area contributed by atoms with Crippen molar-refractivity contribution >= 4 is 46.6 Å². The number of hydrogen-bond donors (Lipinski definition) is 0. The molecule has 0 saturated heterocycles. The summed E-state index contributed by atoms with van der Waals surface area (Å²) in [5.74, 6) is 0. The molecule has 2 aromatic carbocycles. The SMILES string of the molecule is Br/C(=C(/I)c1ccccc1)c1ccccc1. The van der Waals surface area contributed by atoms with E-state index in [9.17, 15) is 0 Å². The number of hydrogen-bond acceptors (Lipinski definition) is 0. The molecule has 0 atom stereocenters. The maximum atomic E-state index is 3.66. The van der Waals surface area contributed by atoms with Crippen molar-refractivity contribution in [2.75, 3.05) is 0 Å². The van der Waals surface area contributed by atoms with E-state index in [2.05, 4.69) is 74.9 Å². The molecule has 0 amide bonds. The highest BCUT2D eigenvalue weighted by atomic mass is 127. The maximum absolute atomic E-state index is 3.66. The maximum Gasteiger partial charge on any atom is 0.0387 e. The Bertz CT molecular complexity index is 441. The van der Waals surface area contributed by atoms with Gasteiger partial charge in [-0.05, 0) is 49.6 Å². The van der Waals surface area contributed by atoms with Crippen LogP contribution >= 0.6 is 38.5 Å². The van der Waals surface area contributed by atoms with Crippen molar-refractivity contribution in [2.45, 2.75) is 0 Å². The van der Waals surface area contributed by atoms with E-state index in [1.54, 1.807) is 0 Å². The van der Waals surface area contributed by atoms with Crippen LogP contribution in [0.25, 0.3) is 8.06 Å². The van der Waals surface area contributed by atoms with E-state index in [1.807, 2.05) is 24.3 Å². The molecule has 16 heavy (non-hydrogen) atoms. The second-order valence-electron chi connectivity index (χ2n) is 3.36. The summed E-state index contributed by atoms with van der Waals surface area (Å²) in [6, 6.07) is 20.7. The molecule has 0 aliphatic rings. The third-order valence-corrected chi connectivity index (χ3v) is 5.00. The van der Waals surface area contributed by atoms with Crippen molar-refractivity contribution in [1.82, 2.24) is 0 Å². The van der Waals surface area contributed by atoms with Gasteiger partial charge in [-0.1, -0.05) is 60.7 Å². The molecule has 0 aliphatic heterocycles. The van der Waals surface area contributed by atoms with Crippen LogP contribution in [0.2, 0.25) is 0 Å². The standard InChI is InChI=1S/C14H10BrI/c15-13(11-7-3-1-4-8-11)14(16)12-9-5-2-6-10-12/h1-10H/b14-13+. The predicted molar refractivity (Wildman–Crippen MR) is 82.6 cm³/mol. The van der Waals surface area contributed by atoms with E-state index in [1.165, 1.54) is 14.7 Å². The van der Waals surface area contributed by atoms with Crippen LogP contribution in [-0.4, -0.2) is 0 Å². The van der Waals surface area contributed by atoms with Crippen molar-refractivity contribution in [2.24, 2.45) is 0 Å². The molecule has 0 heterocycles. The van der Waals surface area contributed by atoms with E-state index in [4.69, 9.17) is 0 Å². The molecule has 0 nitrogen and oxygen atoms in total. The fraction of sp³-hybridized carbons (Fsp3) is 0. The lowest BCUT2D eigenvalue weighted by Crippen LogP contribution is -1.80. The molecule has 80 valence electrons. The number of halogens is 2. The van der Waals surface area contributed by atoms with Gasteiger partial charge < -0.3 is 0 Å². The van der Waals surface area contributed by atoms with Gasteiger partial charge in [0.05, 0.1) is 0 Å². The first-order valence-electron chi connectivity index (χ1n) is 4.95. The summed E-state index contributed by atoms with van der Waals surface area (Å²) in [5.41, 5.74) is 2.44.